The first-order valence-corrected chi connectivity index (χ1v) is 10.5. The Morgan fingerprint density at radius 2 is 1.57 bits per heavy atom. The monoisotopic (exact) mass is 405 g/mol. The summed E-state index contributed by atoms with van der Waals surface area (Å²) in [4.78, 5) is 24.7. The first-order chi connectivity index (χ1) is 13.2. The number of ether oxygens (including phenoxy) is 2. The molecule has 2 aromatic carbocycles. The van der Waals surface area contributed by atoms with Gasteiger partial charge in [-0.3, -0.25) is 4.79 Å². The van der Waals surface area contributed by atoms with Gasteiger partial charge in [-0.05, 0) is 55.3 Å². The van der Waals surface area contributed by atoms with Gasteiger partial charge >= 0.3 is 5.97 Å². The first-order valence-electron chi connectivity index (χ1n) is 8.62. The smallest absolute Gasteiger partial charge is 0.338 e. The van der Waals surface area contributed by atoms with E-state index in [0.717, 1.165) is 11.8 Å². The molecule has 0 fully saturated rings. The Morgan fingerprint density at radius 3 is 2.11 bits per heavy atom. The third kappa shape index (κ3) is 6.47. The van der Waals surface area contributed by atoms with Gasteiger partial charge in [-0.2, -0.15) is 0 Å². The summed E-state index contributed by atoms with van der Waals surface area (Å²) in [7, 11) is -1.69. The SMILES string of the molecule is COc1ccc(C(=O)C(C)OC(=O)c2ccc(CCNS(C)(=O)=O)cc2)cc1. The molecule has 1 atom stereocenters. The molecular formula is C20H23NO6S. The summed E-state index contributed by atoms with van der Waals surface area (Å²) in [5.74, 6) is -0.275. The summed E-state index contributed by atoms with van der Waals surface area (Å²) < 4.78 is 34.8. The predicted octanol–water partition coefficient (Wildman–Crippen LogP) is 2.22. The molecule has 1 N–H and O–H groups in total. The Morgan fingerprint density at radius 1 is 1.00 bits per heavy atom. The average Bonchev–Trinajstić information content (AvgIpc) is 2.67. The van der Waals surface area contributed by atoms with Crippen LogP contribution in [0, 0.1) is 0 Å². The molecule has 1 unspecified atom stereocenters. The van der Waals surface area contributed by atoms with Crippen LogP contribution >= 0.6 is 0 Å². The summed E-state index contributed by atoms with van der Waals surface area (Å²) in [6, 6.07) is 13.2. The second-order valence-electron chi connectivity index (χ2n) is 6.25. The van der Waals surface area contributed by atoms with E-state index in [1.807, 2.05) is 0 Å². The third-order valence-electron chi connectivity index (χ3n) is 4.00. The van der Waals surface area contributed by atoms with Crippen LogP contribution in [-0.2, 0) is 21.2 Å². The highest BCUT2D eigenvalue weighted by Gasteiger charge is 2.20. The van der Waals surface area contributed by atoms with E-state index < -0.39 is 22.1 Å². The van der Waals surface area contributed by atoms with Crippen LogP contribution in [0.3, 0.4) is 0 Å². The molecule has 0 aromatic heterocycles. The molecule has 0 aliphatic carbocycles. The quantitative estimate of drug-likeness (QED) is 0.507. The molecule has 0 radical (unpaired) electrons. The topological polar surface area (TPSA) is 98.8 Å². The molecular weight excluding hydrogens is 382 g/mol. The van der Waals surface area contributed by atoms with Gasteiger partial charge in [-0.15, -0.1) is 0 Å². The van der Waals surface area contributed by atoms with Gasteiger partial charge < -0.3 is 9.47 Å². The van der Waals surface area contributed by atoms with Crippen LogP contribution in [0.2, 0.25) is 0 Å². The number of sulfonamides is 1. The number of rotatable bonds is 9. The molecule has 0 saturated heterocycles. The minimum Gasteiger partial charge on any atom is -0.497 e. The van der Waals surface area contributed by atoms with Crippen LogP contribution in [0.5, 0.6) is 5.75 Å². The van der Waals surface area contributed by atoms with Gasteiger partial charge in [0.15, 0.2) is 6.10 Å². The van der Waals surface area contributed by atoms with Crippen molar-refractivity contribution in [1.29, 1.82) is 0 Å². The highest BCUT2D eigenvalue weighted by molar-refractivity contribution is 7.88. The molecule has 0 heterocycles. The lowest BCUT2D eigenvalue weighted by atomic mass is 10.1. The molecule has 28 heavy (non-hydrogen) atoms. The Hall–Kier alpha value is -2.71. The van der Waals surface area contributed by atoms with Crippen molar-refractivity contribution in [3.63, 3.8) is 0 Å². The standard InChI is InChI=1S/C20H23NO6S/c1-14(19(22)16-8-10-18(26-2)11-9-16)27-20(23)17-6-4-15(5-7-17)12-13-21-28(3,24)25/h4-11,14,21H,12-13H2,1-3H3. The number of carbonyl (C=O) groups is 2. The number of hydrogen-bond donors (Lipinski definition) is 1. The zero-order valence-corrected chi connectivity index (χ0v) is 16.8. The summed E-state index contributed by atoms with van der Waals surface area (Å²) in [6.07, 6.45) is 0.662. The van der Waals surface area contributed by atoms with E-state index in [1.54, 1.807) is 48.5 Å². The molecule has 0 amide bonds. The number of hydrogen-bond acceptors (Lipinski definition) is 6. The molecule has 8 heteroatoms. The summed E-state index contributed by atoms with van der Waals surface area (Å²) in [5, 5.41) is 0. The van der Waals surface area contributed by atoms with Crippen molar-refractivity contribution in [2.75, 3.05) is 19.9 Å². The minimum atomic E-state index is -3.23. The number of esters is 1. The van der Waals surface area contributed by atoms with Crippen LogP contribution in [-0.4, -0.2) is 46.2 Å². The van der Waals surface area contributed by atoms with Crippen molar-refractivity contribution in [2.45, 2.75) is 19.4 Å². The van der Waals surface area contributed by atoms with Gasteiger partial charge in [0.05, 0.1) is 18.9 Å². The van der Waals surface area contributed by atoms with E-state index in [9.17, 15) is 18.0 Å². The maximum atomic E-state index is 12.4. The van der Waals surface area contributed by atoms with Crippen LogP contribution in [0.15, 0.2) is 48.5 Å². The van der Waals surface area contributed by atoms with E-state index >= 15 is 0 Å². The molecule has 0 bridgehead atoms. The van der Waals surface area contributed by atoms with E-state index in [1.165, 1.54) is 14.0 Å². The lowest BCUT2D eigenvalue weighted by Crippen LogP contribution is -2.24. The van der Waals surface area contributed by atoms with Crippen molar-refractivity contribution in [3.8, 4) is 5.75 Å². The van der Waals surface area contributed by atoms with Gasteiger partial charge in [0, 0.05) is 12.1 Å². The van der Waals surface area contributed by atoms with Gasteiger partial charge in [0.1, 0.15) is 5.75 Å². The Kier molecular flexibility index (Phi) is 7.31. The van der Waals surface area contributed by atoms with Crippen LogP contribution in [0.4, 0.5) is 0 Å². The van der Waals surface area contributed by atoms with E-state index in [2.05, 4.69) is 4.72 Å². The minimum absolute atomic E-state index is 0.274. The summed E-state index contributed by atoms with van der Waals surface area (Å²) in [6.45, 7) is 1.80. The molecule has 0 aliphatic rings. The fraction of sp³-hybridized carbons (Fsp3) is 0.300. The van der Waals surface area contributed by atoms with E-state index in [0.29, 0.717) is 23.3 Å². The fourth-order valence-electron chi connectivity index (χ4n) is 2.46. The normalized spacial score (nSPS) is 12.2. The third-order valence-corrected chi connectivity index (χ3v) is 4.72. The Balaban J connectivity index is 1.93. The van der Waals surface area contributed by atoms with Crippen molar-refractivity contribution < 1.29 is 27.5 Å². The number of methoxy groups -OCH3 is 1. The molecule has 7 nitrogen and oxygen atoms in total. The number of carbonyl (C=O) groups excluding carboxylic acids is 2. The number of Topliss-reactive ketones (excluding diaryl/α,β-unsaturated/α-hetero) is 1. The second kappa shape index (κ2) is 9.48. The van der Waals surface area contributed by atoms with Gasteiger partial charge in [-0.25, -0.2) is 17.9 Å². The van der Waals surface area contributed by atoms with Gasteiger partial charge in [0.2, 0.25) is 15.8 Å². The first kappa shape index (κ1) is 21.6. The highest BCUT2D eigenvalue weighted by atomic mass is 32.2. The number of ketones is 1. The fourth-order valence-corrected chi connectivity index (χ4v) is 2.93. The van der Waals surface area contributed by atoms with Crippen LogP contribution in [0.25, 0.3) is 0 Å². The Bertz CT molecular complexity index is 920. The second-order valence-corrected chi connectivity index (χ2v) is 8.09. The lowest BCUT2D eigenvalue weighted by molar-refractivity contribution is 0.0319. The van der Waals surface area contributed by atoms with E-state index in [-0.39, 0.29) is 12.3 Å². The molecule has 0 saturated carbocycles. The van der Waals surface area contributed by atoms with Gasteiger partial charge in [-0.1, -0.05) is 12.1 Å². The van der Waals surface area contributed by atoms with Crippen molar-refractivity contribution in [3.05, 3.63) is 65.2 Å². The zero-order valence-electron chi connectivity index (χ0n) is 16.0. The molecule has 0 spiro atoms. The lowest BCUT2D eigenvalue weighted by Gasteiger charge is -2.13. The number of nitrogens with one attached hydrogen (secondary N) is 1. The largest absolute Gasteiger partial charge is 0.497 e. The Labute approximate surface area is 164 Å². The average molecular weight is 405 g/mol. The maximum absolute atomic E-state index is 12.4. The maximum Gasteiger partial charge on any atom is 0.338 e. The van der Waals surface area contributed by atoms with Crippen molar-refractivity contribution >= 4 is 21.8 Å². The van der Waals surface area contributed by atoms with Crippen LogP contribution < -0.4 is 9.46 Å². The van der Waals surface area contributed by atoms with Crippen molar-refractivity contribution in [1.82, 2.24) is 4.72 Å². The summed E-state index contributed by atoms with van der Waals surface area (Å²) >= 11 is 0. The molecule has 0 aliphatic heterocycles. The molecule has 2 aromatic rings. The zero-order chi connectivity index (χ0) is 20.7. The highest BCUT2D eigenvalue weighted by Crippen LogP contribution is 2.15. The van der Waals surface area contributed by atoms with Crippen LogP contribution in [0.1, 0.15) is 33.2 Å². The van der Waals surface area contributed by atoms with Gasteiger partial charge in [0.25, 0.3) is 0 Å². The molecule has 150 valence electrons. The number of benzene rings is 2. The summed E-state index contributed by atoms with van der Waals surface area (Å²) in [5.41, 5.74) is 1.61. The van der Waals surface area contributed by atoms with E-state index in [4.69, 9.17) is 9.47 Å². The molecule has 2 rings (SSSR count). The predicted molar refractivity (Wildman–Crippen MR) is 105 cm³/mol. The van der Waals surface area contributed by atoms with Crippen molar-refractivity contribution in [2.24, 2.45) is 0 Å².